The van der Waals surface area contributed by atoms with Gasteiger partial charge in [-0.25, -0.2) is 15.0 Å². The molecule has 4 heteroatoms. The smallest absolute Gasteiger partial charge is 0.164 e. The molecular formula is C43H27N3O. The molecule has 0 atom stereocenters. The van der Waals surface area contributed by atoms with Crippen LogP contribution in [0.25, 0.3) is 89.1 Å². The van der Waals surface area contributed by atoms with Crippen molar-refractivity contribution >= 4 is 32.7 Å². The van der Waals surface area contributed by atoms with Crippen molar-refractivity contribution in [3.8, 4) is 56.4 Å². The lowest BCUT2D eigenvalue weighted by Gasteiger charge is -2.12. The fourth-order valence-electron chi connectivity index (χ4n) is 5.45. The van der Waals surface area contributed by atoms with E-state index < -0.39 is 95.1 Å². The molecule has 47 heavy (non-hydrogen) atoms. The van der Waals surface area contributed by atoms with Gasteiger partial charge in [-0.05, 0) is 57.2 Å². The number of rotatable bonds is 5. The zero-order valence-corrected chi connectivity index (χ0v) is 24.3. The lowest BCUT2D eigenvalue weighted by Crippen LogP contribution is -2.00. The van der Waals surface area contributed by atoms with Crippen molar-refractivity contribution < 1.29 is 22.2 Å². The number of fused-ring (bicyclic) bond motifs is 4. The molecule has 0 saturated heterocycles. The Hall–Kier alpha value is -6.39. The maximum Gasteiger partial charge on any atom is 0.164 e. The zero-order chi connectivity index (χ0) is 42.5. The Morgan fingerprint density at radius 1 is 0.426 bits per heavy atom. The standard InChI is InChI=1S/C43H27N3O/c1-3-11-28(12-4-1)30-19-22-32(23-20-30)42-44-41(31-14-5-2-6-15-31)45-43(46-42)37-26-35(34-24-21-29-13-7-8-16-33(29)25-34)27-39-40(37)36-17-9-10-18-38(36)47-39/h1-27H/i7D,8D,9D,10D,13D,16D,17D,18D,21D,24D,25D,26D,27D. The minimum Gasteiger partial charge on any atom is -0.456 e. The SMILES string of the molecule is [2H]c1c([2H])c([2H])c2c(oc3c([2H])c(-c4c([2H])c([2H])c5c([2H])c([2H])c([2H])c([2H])c5c4[2H])c([2H])c(-c4nc(-c5ccccc5)nc(-c5ccc(-c6ccccc6)cc5)n4)c32)c1[2H]. The molecule has 0 aliphatic carbocycles. The highest BCUT2D eigenvalue weighted by Gasteiger charge is 2.20. The first-order valence-electron chi connectivity index (χ1n) is 21.1. The summed E-state index contributed by atoms with van der Waals surface area (Å²) in [5, 5.41) is -1.05. The van der Waals surface area contributed by atoms with Crippen LogP contribution in [-0.2, 0) is 0 Å². The molecule has 4 nitrogen and oxygen atoms in total. The minimum absolute atomic E-state index is 0.113. The molecule has 0 saturated carbocycles. The van der Waals surface area contributed by atoms with Crippen LogP contribution in [0.3, 0.4) is 0 Å². The molecule has 7 aromatic carbocycles. The number of furan rings is 1. The first-order chi connectivity index (χ1) is 28.7. The Morgan fingerprint density at radius 3 is 1.79 bits per heavy atom. The molecule has 9 aromatic rings. The summed E-state index contributed by atoms with van der Waals surface area (Å²) in [6.45, 7) is 0. The van der Waals surface area contributed by atoms with E-state index >= 15 is 0 Å². The summed E-state index contributed by atoms with van der Waals surface area (Å²) < 4.78 is 121. The average Bonchev–Trinajstić information content (AvgIpc) is 3.67. The van der Waals surface area contributed by atoms with Crippen LogP contribution in [0.1, 0.15) is 17.8 Å². The van der Waals surface area contributed by atoms with Gasteiger partial charge in [-0.3, -0.25) is 0 Å². The quantitative estimate of drug-likeness (QED) is 0.193. The molecule has 0 N–H and O–H groups in total. The third kappa shape index (κ3) is 4.93. The Kier molecular flexibility index (Phi) is 4.00. The summed E-state index contributed by atoms with van der Waals surface area (Å²) in [7, 11) is 0. The second-order valence-corrected chi connectivity index (χ2v) is 10.6. The van der Waals surface area contributed by atoms with E-state index in [1.54, 1.807) is 24.3 Å². The Bertz CT molecular complexity index is 3290. The first-order valence-corrected chi connectivity index (χ1v) is 14.6. The second-order valence-electron chi connectivity index (χ2n) is 10.6. The van der Waals surface area contributed by atoms with Crippen molar-refractivity contribution in [1.29, 1.82) is 0 Å². The van der Waals surface area contributed by atoms with Crippen molar-refractivity contribution in [2.45, 2.75) is 0 Å². The van der Waals surface area contributed by atoms with E-state index in [9.17, 15) is 4.11 Å². The van der Waals surface area contributed by atoms with E-state index in [-0.39, 0.29) is 50.4 Å². The van der Waals surface area contributed by atoms with E-state index in [2.05, 4.69) is 0 Å². The van der Waals surface area contributed by atoms with Gasteiger partial charge < -0.3 is 4.42 Å². The third-order valence-electron chi connectivity index (χ3n) is 7.71. The van der Waals surface area contributed by atoms with Gasteiger partial charge in [0.15, 0.2) is 17.5 Å². The topological polar surface area (TPSA) is 51.8 Å². The number of hydrogen-bond acceptors (Lipinski definition) is 4. The third-order valence-corrected chi connectivity index (χ3v) is 7.71. The largest absolute Gasteiger partial charge is 0.456 e. The van der Waals surface area contributed by atoms with Crippen LogP contribution in [0.15, 0.2) is 168 Å². The fraction of sp³-hybridized carbons (Fsp3) is 0. The molecule has 0 fully saturated rings. The fourth-order valence-corrected chi connectivity index (χ4v) is 5.45. The van der Waals surface area contributed by atoms with Gasteiger partial charge in [0.05, 0.1) is 17.8 Å². The zero-order valence-electron chi connectivity index (χ0n) is 37.3. The van der Waals surface area contributed by atoms with Crippen LogP contribution in [0.5, 0.6) is 0 Å². The Labute approximate surface area is 289 Å². The van der Waals surface area contributed by atoms with Crippen LogP contribution < -0.4 is 0 Å². The van der Waals surface area contributed by atoms with Crippen LogP contribution in [0, 0.1) is 0 Å². The molecule has 220 valence electrons. The second kappa shape index (κ2) is 11.2. The molecule has 0 aliphatic rings. The predicted octanol–water partition coefficient (Wildman–Crippen LogP) is 11.3. The van der Waals surface area contributed by atoms with E-state index in [0.717, 1.165) is 11.1 Å². The first kappa shape index (κ1) is 16.8. The van der Waals surface area contributed by atoms with E-state index in [1.165, 1.54) is 0 Å². The van der Waals surface area contributed by atoms with Gasteiger partial charge in [-0.1, -0.05) is 139 Å². The molecule has 2 aromatic heterocycles. The summed E-state index contributed by atoms with van der Waals surface area (Å²) >= 11 is 0. The summed E-state index contributed by atoms with van der Waals surface area (Å²) in [6.07, 6.45) is 0. The van der Waals surface area contributed by atoms with Crippen LogP contribution in [0.4, 0.5) is 0 Å². The Morgan fingerprint density at radius 2 is 1.02 bits per heavy atom. The predicted molar refractivity (Wildman–Crippen MR) is 192 cm³/mol. The van der Waals surface area contributed by atoms with Gasteiger partial charge >= 0.3 is 0 Å². The van der Waals surface area contributed by atoms with Gasteiger partial charge in [0.25, 0.3) is 0 Å². The molecule has 0 aliphatic heterocycles. The molecular weight excluding hydrogens is 574 g/mol. The van der Waals surface area contributed by atoms with Crippen molar-refractivity contribution in [2.24, 2.45) is 0 Å². The van der Waals surface area contributed by atoms with Gasteiger partial charge in [-0.2, -0.15) is 0 Å². The molecule has 2 heterocycles. The van der Waals surface area contributed by atoms with E-state index in [4.69, 9.17) is 33.1 Å². The monoisotopic (exact) mass is 614 g/mol. The van der Waals surface area contributed by atoms with Crippen molar-refractivity contribution in [1.82, 2.24) is 15.0 Å². The summed E-state index contributed by atoms with van der Waals surface area (Å²) in [5.74, 6) is 0.151. The molecule has 0 amide bonds. The maximum absolute atomic E-state index is 9.86. The highest BCUT2D eigenvalue weighted by Crippen LogP contribution is 2.40. The van der Waals surface area contributed by atoms with Crippen LogP contribution >= 0.6 is 0 Å². The van der Waals surface area contributed by atoms with Crippen LogP contribution in [0.2, 0.25) is 0 Å². The number of benzene rings is 7. The number of nitrogens with zero attached hydrogens (tertiary/aromatic N) is 3. The van der Waals surface area contributed by atoms with Crippen LogP contribution in [-0.4, -0.2) is 15.0 Å². The van der Waals surface area contributed by atoms with Gasteiger partial charge in [0.2, 0.25) is 0 Å². The van der Waals surface area contributed by atoms with Crippen molar-refractivity contribution in [2.75, 3.05) is 0 Å². The normalized spacial score (nSPS) is 15.3. The van der Waals surface area contributed by atoms with Crippen molar-refractivity contribution in [3.63, 3.8) is 0 Å². The average molecular weight is 615 g/mol. The minimum atomic E-state index is -0.704. The van der Waals surface area contributed by atoms with Crippen molar-refractivity contribution in [3.05, 3.63) is 163 Å². The number of para-hydroxylation sites is 1. The van der Waals surface area contributed by atoms with Gasteiger partial charge in [-0.15, -0.1) is 0 Å². The number of aromatic nitrogens is 3. The van der Waals surface area contributed by atoms with E-state index in [1.807, 2.05) is 60.7 Å². The highest BCUT2D eigenvalue weighted by atomic mass is 16.3. The van der Waals surface area contributed by atoms with Gasteiger partial charge in [0.1, 0.15) is 11.2 Å². The number of hydrogen-bond donors (Lipinski definition) is 0. The molecule has 0 radical (unpaired) electrons. The maximum atomic E-state index is 9.86. The van der Waals surface area contributed by atoms with Gasteiger partial charge in [0, 0.05) is 27.5 Å². The summed E-state index contributed by atoms with van der Waals surface area (Å²) in [6, 6.07) is 18.0. The lowest BCUT2D eigenvalue weighted by atomic mass is 9.96. The Balaban J connectivity index is 1.43. The van der Waals surface area contributed by atoms with E-state index in [0.29, 0.717) is 11.1 Å². The summed E-state index contributed by atoms with van der Waals surface area (Å²) in [5.41, 5.74) is 1.22. The highest BCUT2D eigenvalue weighted by molar-refractivity contribution is 6.13. The molecule has 9 rings (SSSR count). The molecule has 0 unspecified atom stereocenters. The summed E-state index contributed by atoms with van der Waals surface area (Å²) in [4.78, 5) is 14.5. The molecule has 0 spiro atoms. The molecule has 0 bridgehead atoms. The lowest BCUT2D eigenvalue weighted by molar-refractivity contribution is 0.669.